The molecule has 0 rings (SSSR count). The summed E-state index contributed by atoms with van der Waals surface area (Å²) < 4.78 is 17.0. The van der Waals surface area contributed by atoms with Crippen LogP contribution in [0.15, 0.2) is 85.1 Å². The molecular formula is C72H126O6. The first-order valence-corrected chi connectivity index (χ1v) is 33.6. The van der Waals surface area contributed by atoms with Gasteiger partial charge in [0.25, 0.3) is 0 Å². The Morgan fingerprint density at radius 1 is 0.269 bits per heavy atom. The van der Waals surface area contributed by atoms with Gasteiger partial charge in [-0.3, -0.25) is 14.4 Å². The van der Waals surface area contributed by atoms with Crippen LogP contribution in [0.25, 0.3) is 0 Å². The van der Waals surface area contributed by atoms with Crippen molar-refractivity contribution in [3.05, 3.63) is 85.1 Å². The van der Waals surface area contributed by atoms with Crippen molar-refractivity contribution in [2.75, 3.05) is 13.2 Å². The highest BCUT2D eigenvalue weighted by Crippen LogP contribution is 2.17. The van der Waals surface area contributed by atoms with Crippen LogP contribution in [0, 0.1) is 0 Å². The lowest BCUT2D eigenvalue weighted by Crippen LogP contribution is -2.30. The topological polar surface area (TPSA) is 78.9 Å². The third kappa shape index (κ3) is 63.4. The van der Waals surface area contributed by atoms with Crippen LogP contribution in [-0.2, 0) is 28.6 Å². The molecule has 6 heteroatoms. The van der Waals surface area contributed by atoms with E-state index in [1.807, 2.05) is 0 Å². The summed E-state index contributed by atoms with van der Waals surface area (Å²) >= 11 is 0. The van der Waals surface area contributed by atoms with Gasteiger partial charge >= 0.3 is 17.9 Å². The fourth-order valence-electron chi connectivity index (χ4n) is 9.58. The van der Waals surface area contributed by atoms with Crippen molar-refractivity contribution in [2.24, 2.45) is 0 Å². The minimum atomic E-state index is -0.785. The lowest BCUT2D eigenvalue weighted by Gasteiger charge is -2.18. The number of carbonyl (C=O) groups excluding carboxylic acids is 3. The Kier molecular flexibility index (Phi) is 63.2. The van der Waals surface area contributed by atoms with E-state index in [0.29, 0.717) is 19.3 Å². The number of esters is 3. The van der Waals surface area contributed by atoms with Crippen molar-refractivity contribution in [2.45, 2.75) is 341 Å². The number of ether oxygens (including phenoxy) is 3. The summed E-state index contributed by atoms with van der Waals surface area (Å²) in [5.74, 6) is -0.882. The molecule has 0 aromatic rings. The first kappa shape index (κ1) is 74.6. The molecule has 0 aliphatic rings. The smallest absolute Gasteiger partial charge is 0.306 e. The van der Waals surface area contributed by atoms with E-state index in [-0.39, 0.29) is 31.1 Å². The summed E-state index contributed by atoms with van der Waals surface area (Å²) in [4.78, 5) is 38.4. The Labute approximate surface area is 484 Å². The summed E-state index contributed by atoms with van der Waals surface area (Å²) in [7, 11) is 0. The summed E-state index contributed by atoms with van der Waals surface area (Å²) in [5.41, 5.74) is 0. The average Bonchev–Trinajstić information content (AvgIpc) is 3.44. The molecule has 0 aromatic carbocycles. The lowest BCUT2D eigenvalue weighted by molar-refractivity contribution is -0.167. The van der Waals surface area contributed by atoms with Crippen molar-refractivity contribution in [3.8, 4) is 0 Å². The maximum atomic E-state index is 12.9. The lowest BCUT2D eigenvalue weighted by atomic mass is 10.0. The summed E-state index contributed by atoms with van der Waals surface area (Å²) in [5, 5.41) is 0. The van der Waals surface area contributed by atoms with Crippen molar-refractivity contribution in [3.63, 3.8) is 0 Å². The summed E-state index contributed by atoms with van der Waals surface area (Å²) in [6, 6.07) is 0. The third-order valence-corrected chi connectivity index (χ3v) is 14.6. The van der Waals surface area contributed by atoms with Gasteiger partial charge in [-0.1, -0.05) is 286 Å². The van der Waals surface area contributed by atoms with Crippen molar-refractivity contribution in [1.29, 1.82) is 0 Å². The number of unbranched alkanes of at least 4 members (excludes halogenated alkanes) is 36. The molecule has 1 unspecified atom stereocenters. The number of carbonyl (C=O) groups is 3. The van der Waals surface area contributed by atoms with E-state index in [1.165, 1.54) is 193 Å². The second-order valence-corrected chi connectivity index (χ2v) is 22.3. The van der Waals surface area contributed by atoms with Gasteiger partial charge in [-0.25, -0.2) is 0 Å². The first-order valence-electron chi connectivity index (χ1n) is 33.6. The molecule has 0 N–H and O–H groups in total. The van der Waals surface area contributed by atoms with E-state index >= 15 is 0 Å². The monoisotopic (exact) mass is 1090 g/mol. The fraction of sp³-hybridized carbons (Fsp3) is 0.764. The standard InChI is InChI=1S/C72H126O6/c1-4-7-10-13-16-19-22-25-28-30-32-33-34-35-36-37-38-39-40-42-44-47-50-53-56-59-62-65-71(74)77-68-69(67-76-70(73)64-61-58-55-52-49-46-43-27-24-21-18-15-12-9-6-3)78-72(75)66-63-60-57-54-51-48-45-41-31-29-26-23-20-17-14-11-8-5-2/h7,10,16,19-20,23,25,27-29,31-33,43,69H,4-6,8-9,11-15,17-18,21-22,24,26,30,34-42,44-68H2,1-3H3/b10-7-,19-16-,23-20-,28-25-,31-29-,33-32-,43-27-. The van der Waals surface area contributed by atoms with Gasteiger partial charge in [0.1, 0.15) is 13.2 Å². The fourth-order valence-corrected chi connectivity index (χ4v) is 9.58. The molecular weight excluding hydrogens is 961 g/mol. The van der Waals surface area contributed by atoms with Crippen LogP contribution in [0.2, 0.25) is 0 Å². The van der Waals surface area contributed by atoms with Gasteiger partial charge in [-0.05, 0) is 116 Å². The molecule has 450 valence electrons. The average molecular weight is 1090 g/mol. The zero-order valence-corrected chi connectivity index (χ0v) is 51.7. The molecule has 0 aliphatic carbocycles. The Hall–Kier alpha value is -3.41. The first-order chi connectivity index (χ1) is 38.5. The number of hydrogen-bond acceptors (Lipinski definition) is 6. The van der Waals surface area contributed by atoms with E-state index in [2.05, 4.69) is 106 Å². The minimum absolute atomic E-state index is 0.0804. The molecule has 0 aliphatic heterocycles. The molecule has 0 heterocycles. The molecule has 0 fully saturated rings. The molecule has 0 saturated carbocycles. The van der Waals surface area contributed by atoms with E-state index in [1.54, 1.807) is 0 Å². The predicted molar refractivity (Wildman–Crippen MR) is 339 cm³/mol. The Balaban J connectivity index is 4.30. The maximum absolute atomic E-state index is 12.9. The van der Waals surface area contributed by atoms with Crippen LogP contribution < -0.4 is 0 Å². The van der Waals surface area contributed by atoms with E-state index < -0.39 is 6.10 Å². The maximum Gasteiger partial charge on any atom is 0.306 e. The van der Waals surface area contributed by atoms with Crippen LogP contribution >= 0.6 is 0 Å². The van der Waals surface area contributed by atoms with E-state index in [9.17, 15) is 14.4 Å². The zero-order valence-electron chi connectivity index (χ0n) is 51.7. The van der Waals surface area contributed by atoms with Gasteiger partial charge in [0.15, 0.2) is 6.10 Å². The van der Waals surface area contributed by atoms with Gasteiger partial charge in [-0.15, -0.1) is 0 Å². The summed E-state index contributed by atoms with van der Waals surface area (Å²) in [6.45, 7) is 6.53. The summed E-state index contributed by atoms with van der Waals surface area (Å²) in [6.07, 6.45) is 87.4. The Bertz CT molecular complexity index is 1480. The largest absolute Gasteiger partial charge is 0.462 e. The number of rotatable bonds is 61. The molecule has 0 radical (unpaired) electrons. The molecule has 78 heavy (non-hydrogen) atoms. The predicted octanol–water partition coefficient (Wildman–Crippen LogP) is 23.1. The van der Waals surface area contributed by atoms with Gasteiger partial charge in [0.05, 0.1) is 0 Å². The molecule has 0 saturated heterocycles. The molecule has 0 amide bonds. The normalized spacial score (nSPS) is 12.6. The van der Waals surface area contributed by atoms with Crippen LogP contribution in [-0.4, -0.2) is 37.2 Å². The van der Waals surface area contributed by atoms with Gasteiger partial charge in [0, 0.05) is 19.3 Å². The molecule has 6 nitrogen and oxygen atoms in total. The molecule has 0 bridgehead atoms. The Morgan fingerprint density at radius 2 is 0.500 bits per heavy atom. The van der Waals surface area contributed by atoms with Crippen LogP contribution in [0.3, 0.4) is 0 Å². The van der Waals surface area contributed by atoms with E-state index in [4.69, 9.17) is 14.2 Å². The van der Waals surface area contributed by atoms with Crippen molar-refractivity contribution < 1.29 is 28.6 Å². The molecule has 0 aromatic heterocycles. The highest BCUT2D eigenvalue weighted by molar-refractivity contribution is 5.71. The van der Waals surface area contributed by atoms with Crippen LogP contribution in [0.5, 0.6) is 0 Å². The molecule has 0 spiro atoms. The highest BCUT2D eigenvalue weighted by atomic mass is 16.6. The van der Waals surface area contributed by atoms with Crippen LogP contribution in [0.1, 0.15) is 335 Å². The second kappa shape index (κ2) is 66.1. The van der Waals surface area contributed by atoms with Gasteiger partial charge in [0.2, 0.25) is 0 Å². The number of hydrogen-bond donors (Lipinski definition) is 0. The molecule has 1 atom stereocenters. The van der Waals surface area contributed by atoms with E-state index in [0.717, 1.165) is 103 Å². The van der Waals surface area contributed by atoms with Gasteiger partial charge in [-0.2, -0.15) is 0 Å². The van der Waals surface area contributed by atoms with Gasteiger partial charge < -0.3 is 14.2 Å². The van der Waals surface area contributed by atoms with Crippen molar-refractivity contribution in [1.82, 2.24) is 0 Å². The highest BCUT2D eigenvalue weighted by Gasteiger charge is 2.19. The second-order valence-electron chi connectivity index (χ2n) is 22.3. The third-order valence-electron chi connectivity index (χ3n) is 14.6. The minimum Gasteiger partial charge on any atom is -0.462 e. The SMILES string of the molecule is CC/C=C\C/C=C\C/C=C\C/C=C\CCCCCCCCCCCCCCCCC(=O)OCC(COC(=O)CCCCCCC/C=C\CCCCCCCC)OC(=O)CCCCCCCCC/C=C\C/C=C\CCCCCC. The number of allylic oxidation sites excluding steroid dienone is 14. The Morgan fingerprint density at radius 3 is 0.808 bits per heavy atom. The quantitative estimate of drug-likeness (QED) is 0.0261. The van der Waals surface area contributed by atoms with Crippen molar-refractivity contribution >= 4 is 17.9 Å². The zero-order chi connectivity index (χ0) is 56.4. The van der Waals surface area contributed by atoms with Crippen LogP contribution in [0.4, 0.5) is 0 Å².